The van der Waals surface area contributed by atoms with Crippen LogP contribution < -0.4 is 0 Å². The van der Waals surface area contributed by atoms with Gasteiger partial charge in [-0.3, -0.25) is 4.79 Å². The van der Waals surface area contributed by atoms with E-state index < -0.39 is 5.97 Å². The number of allylic oxidation sites excluding steroid dienone is 1. The predicted molar refractivity (Wildman–Crippen MR) is 54.3 cm³/mol. The lowest BCUT2D eigenvalue weighted by Crippen LogP contribution is -2.19. The summed E-state index contributed by atoms with van der Waals surface area (Å²) in [5.74, 6) is -0.935. The Hall–Kier alpha value is -1.58. The number of hydrogen-bond acceptors (Lipinski definition) is 4. The maximum absolute atomic E-state index is 11.5. The van der Waals surface area contributed by atoms with E-state index >= 15 is 0 Å². The average molecular weight is 210 g/mol. The summed E-state index contributed by atoms with van der Waals surface area (Å²) in [5, 5.41) is 9.52. The largest absolute Gasteiger partial charge is 0.512 e. The highest BCUT2D eigenvalue weighted by molar-refractivity contribution is 6.10. The minimum absolute atomic E-state index is 0.0414. The van der Waals surface area contributed by atoms with E-state index in [1.54, 1.807) is 6.92 Å². The number of carbonyl (C=O) groups excluding carboxylic acids is 2. The number of aliphatic hydroxyl groups is 1. The van der Waals surface area contributed by atoms with Crippen molar-refractivity contribution in [1.82, 2.24) is 0 Å². The molecule has 0 unspecified atom stereocenters. The van der Waals surface area contributed by atoms with E-state index in [0.29, 0.717) is 19.3 Å². The number of hydrogen-bond donors (Lipinski definition) is 1. The molecule has 0 aliphatic heterocycles. The summed E-state index contributed by atoms with van der Waals surface area (Å²) in [7, 11) is 0. The molecule has 1 rings (SSSR count). The van der Waals surface area contributed by atoms with Crippen molar-refractivity contribution in [3.63, 3.8) is 0 Å². The minimum Gasteiger partial charge on any atom is -0.512 e. The maximum atomic E-state index is 11.5. The third-order valence-electron chi connectivity index (χ3n) is 2.21. The van der Waals surface area contributed by atoms with Gasteiger partial charge in [0.2, 0.25) is 0 Å². The molecule has 0 spiro atoms. The van der Waals surface area contributed by atoms with Crippen LogP contribution in [0.25, 0.3) is 0 Å². The van der Waals surface area contributed by atoms with Gasteiger partial charge in [-0.15, -0.1) is 0 Å². The average Bonchev–Trinajstić information content (AvgIpc) is 2.17. The summed E-state index contributed by atoms with van der Waals surface area (Å²) in [4.78, 5) is 22.8. The first-order valence-electron chi connectivity index (χ1n) is 4.89. The quantitative estimate of drug-likeness (QED) is 0.568. The summed E-state index contributed by atoms with van der Waals surface area (Å²) in [6.45, 7) is 5.38. The fourth-order valence-corrected chi connectivity index (χ4v) is 1.49. The van der Waals surface area contributed by atoms with Crippen LogP contribution in [-0.2, 0) is 14.3 Å². The van der Waals surface area contributed by atoms with Crippen LogP contribution in [0.15, 0.2) is 23.5 Å². The van der Waals surface area contributed by atoms with Crippen LogP contribution in [0, 0.1) is 0 Å². The Bertz CT molecular complexity index is 338. The molecule has 4 heteroatoms. The van der Waals surface area contributed by atoms with Gasteiger partial charge in [0, 0.05) is 12.8 Å². The van der Waals surface area contributed by atoms with Crippen LogP contribution in [0.3, 0.4) is 0 Å². The molecule has 4 nitrogen and oxygen atoms in total. The van der Waals surface area contributed by atoms with E-state index in [4.69, 9.17) is 4.74 Å². The monoisotopic (exact) mass is 210 g/mol. The number of rotatable bonds is 3. The third kappa shape index (κ3) is 2.46. The van der Waals surface area contributed by atoms with Gasteiger partial charge in [0.25, 0.3) is 0 Å². The van der Waals surface area contributed by atoms with Crippen molar-refractivity contribution < 1.29 is 19.4 Å². The molecule has 1 N–H and O–H groups in total. The molecular weight excluding hydrogens is 196 g/mol. The molecule has 1 aliphatic carbocycles. The number of Topliss-reactive ketones (excluding diaryl/α,β-unsaturated/α-hetero) is 1. The van der Waals surface area contributed by atoms with Crippen LogP contribution in [-0.4, -0.2) is 23.5 Å². The van der Waals surface area contributed by atoms with Gasteiger partial charge < -0.3 is 9.84 Å². The third-order valence-corrected chi connectivity index (χ3v) is 2.21. The molecule has 0 heterocycles. The van der Waals surface area contributed by atoms with Gasteiger partial charge in [-0.2, -0.15) is 0 Å². The fraction of sp³-hybridized carbons (Fsp3) is 0.455. The van der Waals surface area contributed by atoms with E-state index in [9.17, 15) is 14.7 Å². The molecule has 0 atom stereocenters. The Labute approximate surface area is 88.2 Å². The van der Waals surface area contributed by atoms with Gasteiger partial charge >= 0.3 is 5.97 Å². The molecule has 15 heavy (non-hydrogen) atoms. The first kappa shape index (κ1) is 11.5. The van der Waals surface area contributed by atoms with Gasteiger partial charge in [-0.25, -0.2) is 4.79 Å². The Morgan fingerprint density at radius 2 is 2.20 bits per heavy atom. The van der Waals surface area contributed by atoms with Crippen molar-refractivity contribution in [3.8, 4) is 0 Å². The van der Waals surface area contributed by atoms with Crippen molar-refractivity contribution >= 4 is 11.8 Å². The highest BCUT2D eigenvalue weighted by Crippen LogP contribution is 2.25. The zero-order valence-corrected chi connectivity index (χ0v) is 8.71. The molecule has 0 bridgehead atoms. The summed E-state index contributed by atoms with van der Waals surface area (Å²) >= 11 is 0. The van der Waals surface area contributed by atoms with E-state index in [1.807, 2.05) is 0 Å². The van der Waals surface area contributed by atoms with Crippen LogP contribution in [0.4, 0.5) is 0 Å². The van der Waals surface area contributed by atoms with Crippen LogP contribution in [0.2, 0.25) is 0 Å². The zero-order valence-electron chi connectivity index (χ0n) is 8.71. The van der Waals surface area contributed by atoms with Gasteiger partial charge in [0.05, 0.1) is 17.8 Å². The van der Waals surface area contributed by atoms with E-state index in [2.05, 4.69) is 6.58 Å². The lowest BCUT2D eigenvalue weighted by molar-refractivity contribution is -0.138. The van der Waals surface area contributed by atoms with Crippen molar-refractivity contribution in [1.29, 1.82) is 0 Å². The highest BCUT2D eigenvalue weighted by Gasteiger charge is 2.26. The SMILES string of the molecule is C=C(C(=O)OCC)C1=C(O)CCCC1=O. The number of carbonyl (C=O) groups is 2. The molecule has 0 fully saturated rings. The smallest absolute Gasteiger partial charge is 0.338 e. The molecule has 0 saturated heterocycles. The number of ketones is 1. The molecule has 0 radical (unpaired) electrons. The van der Waals surface area contributed by atoms with Crippen molar-refractivity contribution in [2.75, 3.05) is 6.61 Å². The van der Waals surface area contributed by atoms with Crippen molar-refractivity contribution in [2.24, 2.45) is 0 Å². The second-order valence-corrected chi connectivity index (χ2v) is 3.30. The second-order valence-electron chi connectivity index (χ2n) is 3.30. The Morgan fingerprint density at radius 1 is 1.53 bits per heavy atom. The Balaban J connectivity index is 2.90. The summed E-state index contributed by atoms with van der Waals surface area (Å²) in [5.41, 5.74) is -0.00116. The minimum atomic E-state index is -0.644. The molecule has 0 aromatic carbocycles. The zero-order chi connectivity index (χ0) is 11.4. The standard InChI is InChI=1S/C11H14O4/c1-3-15-11(14)7(2)10-8(12)5-4-6-9(10)13/h12H,2-6H2,1H3. The predicted octanol–water partition coefficient (Wildman–Crippen LogP) is 1.67. The van der Waals surface area contributed by atoms with Gasteiger partial charge in [-0.05, 0) is 13.3 Å². The lowest BCUT2D eigenvalue weighted by atomic mass is 9.91. The fourth-order valence-electron chi connectivity index (χ4n) is 1.49. The maximum Gasteiger partial charge on any atom is 0.338 e. The van der Waals surface area contributed by atoms with Crippen LogP contribution >= 0.6 is 0 Å². The molecule has 0 saturated carbocycles. The first-order chi connectivity index (χ1) is 7.07. The lowest BCUT2D eigenvalue weighted by Gasteiger charge is -2.15. The molecule has 0 amide bonds. The van der Waals surface area contributed by atoms with E-state index in [0.717, 1.165) is 0 Å². The number of ether oxygens (including phenoxy) is 1. The highest BCUT2D eigenvalue weighted by atomic mass is 16.5. The molecular formula is C11H14O4. The van der Waals surface area contributed by atoms with Crippen LogP contribution in [0.5, 0.6) is 0 Å². The van der Waals surface area contributed by atoms with Crippen molar-refractivity contribution in [3.05, 3.63) is 23.5 Å². The molecule has 0 aromatic heterocycles. The molecule has 82 valence electrons. The van der Waals surface area contributed by atoms with Crippen LogP contribution in [0.1, 0.15) is 26.2 Å². The Kier molecular flexibility index (Phi) is 3.66. The summed E-state index contributed by atoms with van der Waals surface area (Å²) < 4.78 is 4.72. The van der Waals surface area contributed by atoms with Crippen molar-refractivity contribution in [2.45, 2.75) is 26.2 Å². The molecule has 0 aromatic rings. The molecule has 1 aliphatic rings. The van der Waals surface area contributed by atoms with E-state index in [1.165, 1.54) is 0 Å². The summed E-state index contributed by atoms with van der Waals surface area (Å²) in [6.07, 6.45) is 1.38. The summed E-state index contributed by atoms with van der Waals surface area (Å²) in [6, 6.07) is 0. The number of aliphatic hydroxyl groups excluding tert-OH is 1. The number of esters is 1. The Morgan fingerprint density at radius 3 is 2.73 bits per heavy atom. The van der Waals surface area contributed by atoms with E-state index in [-0.39, 0.29) is 29.3 Å². The normalized spacial score (nSPS) is 16.5. The van der Waals surface area contributed by atoms with Gasteiger partial charge in [0.1, 0.15) is 5.76 Å². The van der Waals surface area contributed by atoms with Gasteiger partial charge in [0.15, 0.2) is 5.78 Å². The first-order valence-corrected chi connectivity index (χ1v) is 4.89. The second kappa shape index (κ2) is 4.77. The topological polar surface area (TPSA) is 63.6 Å². The van der Waals surface area contributed by atoms with Gasteiger partial charge in [-0.1, -0.05) is 6.58 Å².